The summed E-state index contributed by atoms with van der Waals surface area (Å²) in [5.41, 5.74) is 2.93. The minimum absolute atomic E-state index is 0.0911. The van der Waals surface area contributed by atoms with Gasteiger partial charge in [0.25, 0.3) is 0 Å². The number of ether oxygens (including phenoxy) is 1. The quantitative estimate of drug-likeness (QED) is 0.483. The van der Waals surface area contributed by atoms with Gasteiger partial charge in [0.2, 0.25) is 0 Å². The van der Waals surface area contributed by atoms with Crippen LogP contribution in [0.1, 0.15) is 38.5 Å². The molecular formula is C25H27N5O2S. The van der Waals surface area contributed by atoms with E-state index in [-0.39, 0.29) is 11.3 Å². The zero-order valence-electron chi connectivity index (χ0n) is 18.5. The molecule has 3 N–H and O–H groups in total. The first-order valence-corrected chi connectivity index (χ1v) is 12.0. The van der Waals surface area contributed by atoms with E-state index in [4.69, 9.17) is 17.0 Å². The molecule has 0 spiro atoms. The van der Waals surface area contributed by atoms with Crippen molar-refractivity contribution in [2.75, 3.05) is 12.4 Å². The summed E-state index contributed by atoms with van der Waals surface area (Å²) in [6.07, 6.45) is 9.58. The third-order valence-corrected chi connectivity index (χ3v) is 7.74. The van der Waals surface area contributed by atoms with Gasteiger partial charge in [-0.15, -0.1) is 0 Å². The van der Waals surface area contributed by atoms with Crippen LogP contribution in [0, 0.1) is 17.8 Å². The number of hydrogen-bond donors (Lipinski definition) is 3. The van der Waals surface area contributed by atoms with Crippen molar-refractivity contribution in [3.8, 4) is 22.8 Å². The number of hydrogen-bond acceptors (Lipinski definition) is 6. The SMILES string of the molecule is COc1cc(-c2ccc3ncc(NC(=S)NC45CC6CC(CC(C6)C4)C5)nc3n2)ccc1O. The van der Waals surface area contributed by atoms with Crippen LogP contribution in [0.3, 0.4) is 0 Å². The lowest BCUT2D eigenvalue weighted by Gasteiger charge is -2.57. The fourth-order valence-electron chi connectivity index (χ4n) is 6.61. The monoisotopic (exact) mass is 461 g/mol. The minimum Gasteiger partial charge on any atom is -0.504 e. The van der Waals surface area contributed by atoms with Gasteiger partial charge in [0.15, 0.2) is 28.1 Å². The van der Waals surface area contributed by atoms with Crippen LogP contribution in [0.2, 0.25) is 0 Å². The molecular weight excluding hydrogens is 434 g/mol. The van der Waals surface area contributed by atoms with E-state index < -0.39 is 0 Å². The van der Waals surface area contributed by atoms with Crippen LogP contribution in [0.4, 0.5) is 5.82 Å². The van der Waals surface area contributed by atoms with E-state index in [1.165, 1.54) is 45.6 Å². The standard InChI is InChI=1S/C25H27N5O2S/c1-32-21-9-17(2-5-20(21)31)18-3-4-19-23(27-18)28-22(13-26-19)29-24(33)30-25-10-14-6-15(11-25)8-16(7-14)12-25/h2-5,9,13-16,31H,6-8,10-12H2,1H3,(H2,27,28,29,30,33). The molecule has 3 aromatic rings. The topological polar surface area (TPSA) is 92.2 Å². The van der Waals surface area contributed by atoms with Gasteiger partial charge in [-0.2, -0.15) is 0 Å². The molecule has 170 valence electrons. The predicted octanol–water partition coefficient (Wildman–Crippen LogP) is 4.66. The zero-order valence-corrected chi connectivity index (χ0v) is 19.4. The molecule has 0 saturated heterocycles. The highest BCUT2D eigenvalue weighted by atomic mass is 32.1. The molecule has 0 radical (unpaired) electrons. The van der Waals surface area contributed by atoms with E-state index >= 15 is 0 Å². The Hall–Kier alpha value is -3.00. The molecule has 4 aliphatic carbocycles. The maximum absolute atomic E-state index is 9.87. The Morgan fingerprint density at radius 3 is 2.48 bits per heavy atom. The molecule has 2 heterocycles. The second-order valence-electron chi connectivity index (χ2n) is 9.96. The molecule has 0 atom stereocenters. The summed E-state index contributed by atoms with van der Waals surface area (Å²) < 4.78 is 5.22. The van der Waals surface area contributed by atoms with Crippen LogP contribution in [0.25, 0.3) is 22.4 Å². The van der Waals surface area contributed by atoms with Crippen molar-refractivity contribution in [3.63, 3.8) is 0 Å². The smallest absolute Gasteiger partial charge is 0.180 e. The summed E-state index contributed by atoms with van der Waals surface area (Å²) in [5.74, 6) is 3.64. The number of nitrogens with zero attached hydrogens (tertiary/aromatic N) is 3. The molecule has 4 saturated carbocycles. The normalized spacial score (nSPS) is 27.5. The van der Waals surface area contributed by atoms with Gasteiger partial charge in [0, 0.05) is 11.1 Å². The average Bonchev–Trinajstić information content (AvgIpc) is 2.77. The zero-order chi connectivity index (χ0) is 22.6. The van der Waals surface area contributed by atoms with E-state index in [0.29, 0.717) is 27.8 Å². The van der Waals surface area contributed by atoms with Gasteiger partial charge in [-0.25, -0.2) is 15.0 Å². The van der Waals surface area contributed by atoms with Gasteiger partial charge in [-0.05, 0) is 98.8 Å². The third-order valence-electron chi connectivity index (χ3n) is 7.54. The van der Waals surface area contributed by atoms with Crippen molar-refractivity contribution in [3.05, 3.63) is 36.5 Å². The number of pyridine rings is 1. The molecule has 4 aliphatic rings. The summed E-state index contributed by atoms with van der Waals surface area (Å²) in [5, 5.41) is 17.4. The second kappa shape index (κ2) is 7.80. The number of phenolic OH excluding ortho intramolecular Hbond substituents is 1. The Balaban J connectivity index is 1.21. The molecule has 8 heteroatoms. The fraction of sp³-hybridized carbons (Fsp3) is 0.440. The number of anilines is 1. The second-order valence-corrected chi connectivity index (χ2v) is 10.4. The highest BCUT2D eigenvalue weighted by molar-refractivity contribution is 7.80. The van der Waals surface area contributed by atoms with Crippen molar-refractivity contribution >= 4 is 34.3 Å². The molecule has 7 rings (SSSR count). The van der Waals surface area contributed by atoms with Gasteiger partial charge >= 0.3 is 0 Å². The number of aromatic hydroxyl groups is 1. The van der Waals surface area contributed by atoms with Gasteiger partial charge in [-0.1, -0.05) is 0 Å². The number of aromatic nitrogens is 3. The summed E-state index contributed by atoms with van der Waals surface area (Å²) >= 11 is 5.69. The molecule has 7 nitrogen and oxygen atoms in total. The van der Waals surface area contributed by atoms with Crippen LogP contribution >= 0.6 is 12.2 Å². The van der Waals surface area contributed by atoms with Gasteiger partial charge in [0.05, 0.1) is 19.0 Å². The first-order valence-electron chi connectivity index (χ1n) is 11.6. The van der Waals surface area contributed by atoms with Crippen molar-refractivity contribution in [2.24, 2.45) is 17.8 Å². The van der Waals surface area contributed by atoms with E-state index in [9.17, 15) is 5.11 Å². The van der Waals surface area contributed by atoms with Crippen molar-refractivity contribution in [1.82, 2.24) is 20.3 Å². The minimum atomic E-state index is 0.0911. The maximum Gasteiger partial charge on any atom is 0.180 e. The maximum atomic E-state index is 9.87. The van der Waals surface area contributed by atoms with E-state index in [2.05, 4.69) is 25.6 Å². The molecule has 4 fully saturated rings. The van der Waals surface area contributed by atoms with Gasteiger partial charge in [-0.3, -0.25) is 0 Å². The number of thiocarbonyl (C=S) groups is 1. The van der Waals surface area contributed by atoms with Crippen molar-refractivity contribution < 1.29 is 9.84 Å². The largest absolute Gasteiger partial charge is 0.504 e. The highest BCUT2D eigenvalue weighted by Crippen LogP contribution is 2.55. The Kier molecular flexibility index (Phi) is 4.87. The van der Waals surface area contributed by atoms with Crippen LogP contribution in [-0.2, 0) is 0 Å². The lowest BCUT2D eigenvalue weighted by Crippen LogP contribution is -2.60. The van der Waals surface area contributed by atoms with Crippen molar-refractivity contribution in [1.29, 1.82) is 0 Å². The van der Waals surface area contributed by atoms with Crippen LogP contribution in [0.15, 0.2) is 36.5 Å². The average molecular weight is 462 g/mol. The molecule has 33 heavy (non-hydrogen) atoms. The van der Waals surface area contributed by atoms with Crippen molar-refractivity contribution in [2.45, 2.75) is 44.1 Å². The molecule has 0 unspecified atom stereocenters. The molecule has 0 amide bonds. The number of nitrogens with one attached hydrogen (secondary N) is 2. The predicted molar refractivity (Wildman–Crippen MR) is 131 cm³/mol. The van der Waals surface area contributed by atoms with Crippen LogP contribution < -0.4 is 15.4 Å². The highest BCUT2D eigenvalue weighted by Gasteiger charge is 2.51. The summed E-state index contributed by atoms with van der Waals surface area (Å²) in [4.78, 5) is 13.9. The molecule has 1 aromatic carbocycles. The summed E-state index contributed by atoms with van der Waals surface area (Å²) in [7, 11) is 1.52. The van der Waals surface area contributed by atoms with E-state index in [0.717, 1.165) is 29.0 Å². The van der Waals surface area contributed by atoms with E-state index in [1.807, 2.05) is 12.1 Å². The first-order chi connectivity index (χ1) is 16.0. The third kappa shape index (κ3) is 3.86. The molecule has 2 aromatic heterocycles. The van der Waals surface area contributed by atoms with Crippen LogP contribution in [0.5, 0.6) is 11.5 Å². The van der Waals surface area contributed by atoms with Crippen LogP contribution in [-0.4, -0.2) is 37.8 Å². The number of methoxy groups -OCH3 is 1. The Morgan fingerprint density at radius 1 is 1.06 bits per heavy atom. The fourth-order valence-corrected chi connectivity index (χ4v) is 6.93. The summed E-state index contributed by atoms with van der Waals surface area (Å²) in [6.45, 7) is 0. The Bertz CT molecular complexity index is 1210. The number of benzene rings is 1. The lowest BCUT2D eigenvalue weighted by atomic mass is 9.53. The number of fused-ring (bicyclic) bond motifs is 1. The molecule has 4 bridgehead atoms. The Morgan fingerprint density at radius 2 is 1.79 bits per heavy atom. The first kappa shape index (κ1) is 20.6. The number of rotatable bonds is 4. The van der Waals surface area contributed by atoms with Gasteiger partial charge < -0.3 is 20.5 Å². The lowest BCUT2D eigenvalue weighted by molar-refractivity contribution is -0.00972. The van der Waals surface area contributed by atoms with Gasteiger partial charge in [0.1, 0.15) is 5.52 Å². The molecule has 0 aliphatic heterocycles. The Labute approximate surface area is 198 Å². The summed E-state index contributed by atoms with van der Waals surface area (Å²) in [6, 6.07) is 8.92. The number of phenols is 1. The van der Waals surface area contributed by atoms with E-state index in [1.54, 1.807) is 24.4 Å².